The minimum Gasteiger partial charge on any atom is -0.264 e. The molecule has 0 N–H and O–H groups in total. The predicted octanol–water partition coefficient (Wildman–Crippen LogP) is 0.0595. The molecule has 7 heteroatoms. The van der Waals surface area contributed by atoms with E-state index in [1.807, 2.05) is 6.20 Å². The molecular weight excluding hydrogens is 283 g/mol. The van der Waals surface area contributed by atoms with Gasteiger partial charge in [0.25, 0.3) is 0 Å². The van der Waals surface area contributed by atoms with Crippen molar-refractivity contribution in [2.75, 3.05) is 0 Å². The molecule has 6 nitrogen and oxygen atoms in total. The van der Waals surface area contributed by atoms with Crippen LogP contribution in [0.3, 0.4) is 0 Å². The standard InChI is InChI=1S/C6H7IN6/c1-12-10-6(9-11-12)4-13-3-5(7)2-8-13/h2-3H,4H2,1H3. The second-order valence-corrected chi connectivity index (χ2v) is 3.80. The second kappa shape index (κ2) is 3.40. The van der Waals surface area contributed by atoms with Gasteiger partial charge in [-0.3, -0.25) is 4.68 Å². The molecule has 0 aromatic carbocycles. The van der Waals surface area contributed by atoms with Crippen LogP contribution in [0.1, 0.15) is 5.82 Å². The van der Waals surface area contributed by atoms with Crippen LogP contribution < -0.4 is 0 Å². The van der Waals surface area contributed by atoms with Gasteiger partial charge in [-0.1, -0.05) is 0 Å². The molecule has 2 rings (SSSR count). The van der Waals surface area contributed by atoms with Crippen molar-refractivity contribution in [3.05, 3.63) is 21.8 Å². The average molecular weight is 290 g/mol. The summed E-state index contributed by atoms with van der Waals surface area (Å²) in [6.45, 7) is 0.566. The van der Waals surface area contributed by atoms with Crippen LogP contribution in [0.15, 0.2) is 12.4 Å². The van der Waals surface area contributed by atoms with Crippen LogP contribution in [0.25, 0.3) is 0 Å². The summed E-state index contributed by atoms with van der Waals surface area (Å²) >= 11 is 2.20. The van der Waals surface area contributed by atoms with Crippen molar-refractivity contribution in [2.45, 2.75) is 6.54 Å². The van der Waals surface area contributed by atoms with Crippen molar-refractivity contribution in [2.24, 2.45) is 7.05 Å². The Hall–Kier alpha value is -0.990. The smallest absolute Gasteiger partial charge is 0.196 e. The van der Waals surface area contributed by atoms with Crippen LogP contribution >= 0.6 is 22.6 Å². The molecule has 0 aliphatic heterocycles. The molecule has 0 aliphatic carbocycles. The van der Waals surface area contributed by atoms with Crippen molar-refractivity contribution in [1.82, 2.24) is 30.0 Å². The van der Waals surface area contributed by atoms with Crippen molar-refractivity contribution >= 4 is 22.6 Å². The highest BCUT2D eigenvalue weighted by Gasteiger charge is 2.02. The van der Waals surface area contributed by atoms with E-state index in [9.17, 15) is 0 Å². The van der Waals surface area contributed by atoms with Crippen molar-refractivity contribution < 1.29 is 0 Å². The Bertz CT molecular complexity index is 366. The van der Waals surface area contributed by atoms with Gasteiger partial charge < -0.3 is 0 Å². The third-order valence-corrected chi connectivity index (χ3v) is 2.01. The Morgan fingerprint density at radius 1 is 1.54 bits per heavy atom. The van der Waals surface area contributed by atoms with Crippen molar-refractivity contribution in [1.29, 1.82) is 0 Å². The fourth-order valence-electron chi connectivity index (χ4n) is 0.956. The summed E-state index contributed by atoms with van der Waals surface area (Å²) in [7, 11) is 1.74. The Morgan fingerprint density at radius 2 is 2.38 bits per heavy atom. The monoisotopic (exact) mass is 290 g/mol. The first-order valence-electron chi connectivity index (χ1n) is 3.65. The lowest BCUT2D eigenvalue weighted by atomic mass is 10.6. The van der Waals surface area contributed by atoms with Crippen molar-refractivity contribution in [3.8, 4) is 0 Å². The molecule has 0 bridgehead atoms. The van der Waals surface area contributed by atoms with Crippen LogP contribution in [0.5, 0.6) is 0 Å². The summed E-state index contributed by atoms with van der Waals surface area (Å²) in [6, 6.07) is 0. The van der Waals surface area contributed by atoms with Gasteiger partial charge in [-0.05, 0) is 27.8 Å². The zero-order valence-corrected chi connectivity index (χ0v) is 9.08. The topological polar surface area (TPSA) is 61.4 Å². The minimum absolute atomic E-state index is 0.566. The minimum atomic E-state index is 0.566. The number of aromatic nitrogens is 6. The summed E-state index contributed by atoms with van der Waals surface area (Å²) in [6.07, 6.45) is 3.72. The molecule has 0 atom stereocenters. The van der Waals surface area contributed by atoms with Crippen molar-refractivity contribution in [3.63, 3.8) is 0 Å². The molecule has 0 radical (unpaired) electrons. The molecule has 2 aromatic heterocycles. The van der Waals surface area contributed by atoms with Gasteiger partial charge in [-0.15, -0.1) is 10.2 Å². The van der Waals surface area contributed by atoms with E-state index in [0.29, 0.717) is 12.4 Å². The molecule has 0 aliphatic rings. The number of nitrogens with zero attached hydrogens (tertiary/aromatic N) is 6. The van der Waals surface area contributed by atoms with E-state index >= 15 is 0 Å². The maximum absolute atomic E-state index is 4.11. The summed E-state index contributed by atoms with van der Waals surface area (Å²) < 4.78 is 2.88. The van der Waals surface area contributed by atoms with E-state index in [-0.39, 0.29) is 0 Å². The fourth-order valence-corrected chi connectivity index (χ4v) is 1.40. The molecule has 2 aromatic rings. The molecule has 0 saturated carbocycles. The number of hydrogen-bond donors (Lipinski definition) is 0. The SMILES string of the molecule is Cn1nnc(Cn2cc(I)cn2)n1. The first kappa shape index (κ1) is 8.60. The fraction of sp³-hybridized carbons (Fsp3) is 0.333. The van der Waals surface area contributed by atoms with Gasteiger partial charge in [0.2, 0.25) is 0 Å². The van der Waals surface area contributed by atoms with E-state index in [2.05, 4.69) is 43.1 Å². The number of halogens is 1. The van der Waals surface area contributed by atoms with Crippen LogP contribution in [0, 0.1) is 3.57 Å². The lowest BCUT2D eigenvalue weighted by Gasteiger charge is -1.93. The van der Waals surface area contributed by atoms with Crippen LogP contribution in [-0.4, -0.2) is 30.0 Å². The van der Waals surface area contributed by atoms with Gasteiger partial charge >= 0.3 is 0 Å². The number of aryl methyl sites for hydroxylation is 1. The zero-order chi connectivity index (χ0) is 9.26. The summed E-state index contributed by atoms with van der Waals surface area (Å²) in [5.74, 6) is 0.669. The molecule has 0 fully saturated rings. The Labute approximate surface area is 88.1 Å². The first-order chi connectivity index (χ1) is 6.24. The van der Waals surface area contributed by atoms with Gasteiger partial charge in [0.1, 0.15) is 6.54 Å². The molecule has 68 valence electrons. The van der Waals surface area contributed by atoms with E-state index in [4.69, 9.17) is 0 Å². The molecule has 2 heterocycles. The molecule has 13 heavy (non-hydrogen) atoms. The number of hydrogen-bond acceptors (Lipinski definition) is 4. The highest BCUT2D eigenvalue weighted by Crippen LogP contribution is 2.01. The van der Waals surface area contributed by atoms with E-state index in [0.717, 1.165) is 3.57 Å². The highest BCUT2D eigenvalue weighted by atomic mass is 127. The maximum atomic E-state index is 4.11. The number of tetrazole rings is 1. The largest absolute Gasteiger partial charge is 0.264 e. The maximum Gasteiger partial charge on any atom is 0.196 e. The highest BCUT2D eigenvalue weighted by molar-refractivity contribution is 14.1. The first-order valence-corrected chi connectivity index (χ1v) is 4.73. The Balaban J connectivity index is 2.14. The van der Waals surface area contributed by atoms with Gasteiger partial charge in [0, 0.05) is 6.20 Å². The zero-order valence-electron chi connectivity index (χ0n) is 6.92. The van der Waals surface area contributed by atoms with Crippen LogP contribution in [0.2, 0.25) is 0 Å². The summed E-state index contributed by atoms with van der Waals surface area (Å²) in [4.78, 5) is 1.43. The molecule has 0 unspecified atom stereocenters. The normalized spacial score (nSPS) is 10.6. The quantitative estimate of drug-likeness (QED) is 0.734. The average Bonchev–Trinajstić information content (AvgIpc) is 2.62. The molecular formula is C6H7IN6. The lowest BCUT2D eigenvalue weighted by Crippen LogP contribution is -2.02. The number of rotatable bonds is 2. The van der Waals surface area contributed by atoms with Gasteiger partial charge in [-0.2, -0.15) is 9.90 Å². The van der Waals surface area contributed by atoms with Crippen LogP contribution in [-0.2, 0) is 13.6 Å². The molecule has 0 saturated heterocycles. The third-order valence-electron chi connectivity index (χ3n) is 1.45. The van der Waals surface area contributed by atoms with Gasteiger partial charge in [0.15, 0.2) is 5.82 Å². The Morgan fingerprint density at radius 3 is 2.92 bits per heavy atom. The van der Waals surface area contributed by atoms with E-state index < -0.39 is 0 Å². The van der Waals surface area contributed by atoms with Gasteiger partial charge in [0.05, 0.1) is 16.8 Å². The summed E-state index contributed by atoms with van der Waals surface area (Å²) in [5.41, 5.74) is 0. The lowest BCUT2D eigenvalue weighted by molar-refractivity contribution is 0.617. The molecule has 0 spiro atoms. The van der Waals surface area contributed by atoms with Crippen LogP contribution in [0.4, 0.5) is 0 Å². The van der Waals surface area contributed by atoms with E-state index in [1.165, 1.54) is 4.80 Å². The predicted molar refractivity (Wildman–Crippen MR) is 52.8 cm³/mol. The summed E-state index contributed by atoms with van der Waals surface area (Å²) in [5, 5.41) is 15.7. The van der Waals surface area contributed by atoms with Gasteiger partial charge in [-0.25, -0.2) is 0 Å². The van der Waals surface area contributed by atoms with E-state index in [1.54, 1.807) is 17.9 Å². The third kappa shape index (κ3) is 2.02. The Kier molecular flexibility index (Phi) is 2.25. The molecule has 0 amide bonds. The second-order valence-electron chi connectivity index (χ2n) is 2.55.